The van der Waals surface area contributed by atoms with Crippen molar-refractivity contribution >= 4 is 0 Å². The fraction of sp³-hybridized carbons (Fsp3) is 0.250. The molecule has 0 fully saturated rings. The molecule has 0 radical (unpaired) electrons. The van der Waals surface area contributed by atoms with Crippen LogP contribution in [-0.2, 0) is 0 Å². The van der Waals surface area contributed by atoms with Gasteiger partial charge in [-0.1, -0.05) is 12.1 Å². The molecule has 3 aromatic rings. The molecule has 0 aliphatic carbocycles. The minimum atomic E-state index is 0.609. The number of benzene rings is 3. The lowest BCUT2D eigenvalue weighted by Crippen LogP contribution is -2.00. The van der Waals surface area contributed by atoms with E-state index >= 15 is 0 Å². The minimum Gasteiger partial charge on any atom is -0.496 e. The van der Waals surface area contributed by atoms with Crippen LogP contribution in [0.15, 0.2) is 48.5 Å². The molecule has 0 saturated carbocycles. The van der Waals surface area contributed by atoms with Gasteiger partial charge in [0.1, 0.15) is 23.0 Å². The second-order valence-corrected chi connectivity index (χ2v) is 6.33. The van der Waals surface area contributed by atoms with Gasteiger partial charge in [0.05, 0.1) is 48.2 Å². The highest BCUT2D eigenvalue weighted by atomic mass is 16.5. The lowest BCUT2D eigenvalue weighted by Gasteiger charge is -2.21. The van der Waals surface area contributed by atoms with Crippen molar-refractivity contribution in [3.63, 3.8) is 0 Å². The highest BCUT2D eigenvalue weighted by molar-refractivity contribution is 5.96. The Morgan fingerprint density at radius 3 is 1.33 bits per heavy atom. The van der Waals surface area contributed by atoms with E-state index in [0.29, 0.717) is 34.5 Å². The summed E-state index contributed by atoms with van der Waals surface area (Å²) < 4.78 is 33.7. The summed E-state index contributed by atoms with van der Waals surface area (Å²) in [5.74, 6) is 3.89. The molecule has 6 heteroatoms. The minimum absolute atomic E-state index is 0.609. The summed E-state index contributed by atoms with van der Waals surface area (Å²) in [7, 11) is 9.73. The normalized spacial score (nSPS) is 10.3. The molecule has 0 aliphatic heterocycles. The number of ether oxygens (including phenoxy) is 6. The van der Waals surface area contributed by atoms with Crippen LogP contribution < -0.4 is 28.4 Å². The Bertz CT molecular complexity index is 1010. The first-order valence-corrected chi connectivity index (χ1v) is 9.32. The third-order valence-electron chi connectivity index (χ3n) is 4.92. The quantitative estimate of drug-likeness (QED) is 0.517. The predicted octanol–water partition coefficient (Wildman–Crippen LogP) is 5.07. The van der Waals surface area contributed by atoms with Gasteiger partial charge in [-0.05, 0) is 42.0 Å². The summed E-state index contributed by atoms with van der Waals surface area (Å²) in [6, 6.07) is 15.1. The van der Waals surface area contributed by atoms with Crippen LogP contribution in [0.3, 0.4) is 0 Å². The third kappa shape index (κ3) is 3.68. The Kier molecular flexibility index (Phi) is 6.57. The van der Waals surface area contributed by atoms with E-state index < -0.39 is 0 Å². The van der Waals surface area contributed by atoms with Crippen LogP contribution in [-0.4, -0.2) is 42.7 Å². The molecular formula is C24H26O6. The molecule has 0 bridgehead atoms. The van der Waals surface area contributed by atoms with Gasteiger partial charge in [0.15, 0.2) is 11.5 Å². The largest absolute Gasteiger partial charge is 0.496 e. The summed E-state index contributed by atoms with van der Waals surface area (Å²) in [5.41, 5.74) is 3.24. The van der Waals surface area contributed by atoms with Crippen molar-refractivity contribution in [2.45, 2.75) is 0 Å². The second kappa shape index (κ2) is 9.31. The maximum atomic E-state index is 5.74. The van der Waals surface area contributed by atoms with Crippen LogP contribution in [0.5, 0.6) is 34.5 Å². The average Bonchev–Trinajstić information content (AvgIpc) is 2.81. The summed E-state index contributed by atoms with van der Waals surface area (Å²) >= 11 is 0. The van der Waals surface area contributed by atoms with Crippen molar-refractivity contribution in [3.05, 3.63) is 48.5 Å². The Morgan fingerprint density at radius 1 is 0.400 bits per heavy atom. The maximum Gasteiger partial charge on any atom is 0.161 e. The standard InChI is InChI=1S/C24H26O6/c1-25-16-11-10-15(14-21(16)30-6)22-19(28-4)12-13-20(29-5)24(22)23-17(26-2)8-7-9-18(23)27-3/h7-14H,1-6H3. The molecule has 30 heavy (non-hydrogen) atoms. The molecule has 3 rings (SSSR count). The highest BCUT2D eigenvalue weighted by Gasteiger charge is 2.25. The van der Waals surface area contributed by atoms with E-state index in [4.69, 9.17) is 28.4 Å². The SMILES string of the molecule is COc1ccc(-c2c(OC)ccc(OC)c2-c2c(OC)cccc2OC)cc1OC. The van der Waals surface area contributed by atoms with Crippen LogP contribution >= 0.6 is 0 Å². The number of hydrogen-bond acceptors (Lipinski definition) is 6. The van der Waals surface area contributed by atoms with E-state index in [-0.39, 0.29) is 0 Å². The number of methoxy groups -OCH3 is 6. The summed E-state index contributed by atoms with van der Waals surface area (Å²) in [4.78, 5) is 0. The first kappa shape index (κ1) is 21.2. The van der Waals surface area contributed by atoms with Gasteiger partial charge in [0.25, 0.3) is 0 Å². The van der Waals surface area contributed by atoms with Crippen molar-refractivity contribution in [2.24, 2.45) is 0 Å². The highest BCUT2D eigenvalue weighted by Crippen LogP contribution is 2.51. The van der Waals surface area contributed by atoms with Crippen LogP contribution in [0.4, 0.5) is 0 Å². The number of rotatable bonds is 8. The molecule has 3 aromatic carbocycles. The molecule has 0 amide bonds. The van der Waals surface area contributed by atoms with Gasteiger partial charge < -0.3 is 28.4 Å². The number of hydrogen-bond donors (Lipinski definition) is 0. The Hall–Kier alpha value is -3.54. The molecule has 0 unspecified atom stereocenters. The van der Waals surface area contributed by atoms with Crippen molar-refractivity contribution in [1.29, 1.82) is 0 Å². The maximum absolute atomic E-state index is 5.74. The van der Waals surface area contributed by atoms with Crippen LogP contribution in [0.1, 0.15) is 0 Å². The van der Waals surface area contributed by atoms with Gasteiger partial charge in [-0.3, -0.25) is 0 Å². The summed E-state index contributed by atoms with van der Waals surface area (Å²) in [5, 5.41) is 0. The second-order valence-electron chi connectivity index (χ2n) is 6.33. The van der Waals surface area contributed by atoms with Gasteiger partial charge >= 0.3 is 0 Å². The van der Waals surface area contributed by atoms with Crippen molar-refractivity contribution in [1.82, 2.24) is 0 Å². The van der Waals surface area contributed by atoms with E-state index in [1.54, 1.807) is 42.7 Å². The molecule has 0 saturated heterocycles. The van der Waals surface area contributed by atoms with E-state index in [1.165, 1.54) is 0 Å². The van der Waals surface area contributed by atoms with Gasteiger partial charge in [-0.25, -0.2) is 0 Å². The fourth-order valence-corrected chi connectivity index (χ4v) is 3.53. The van der Waals surface area contributed by atoms with Crippen LogP contribution in [0.25, 0.3) is 22.3 Å². The Morgan fingerprint density at radius 2 is 0.833 bits per heavy atom. The molecule has 0 spiro atoms. The summed E-state index contributed by atoms with van der Waals surface area (Å²) in [6.07, 6.45) is 0. The van der Waals surface area contributed by atoms with Gasteiger partial charge in [-0.2, -0.15) is 0 Å². The molecule has 0 atom stereocenters. The van der Waals surface area contributed by atoms with Crippen LogP contribution in [0.2, 0.25) is 0 Å². The molecule has 0 aliphatic rings. The van der Waals surface area contributed by atoms with E-state index in [0.717, 1.165) is 22.3 Å². The lowest BCUT2D eigenvalue weighted by atomic mass is 9.91. The van der Waals surface area contributed by atoms with Gasteiger partial charge in [-0.15, -0.1) is 0 Å². The van der Waals surface area contributed by atoms with Crippen LogP contribution in [0, 0.1) is 0 Å². The fourth-order valence-electron chi connectivity index (χ4n) is 3.53. The van der Waals surface area contributed by atoms with Gasteiger partial charge in [0.2, 0.25) is 0 Å². The van der Waals surface area contributed by atoms with Crippen molar-refractivity contribution in [2.75, 3.05) is 42.7 Å². The lowest BCUT2D eigenvalue weighted by molar-refractivity contribution is 0.355. The molecule has 0 N–H and O–H groups in total. The summed E-state index contributed by atoms with van der Waals surface area (Å²) in [6.45, 7) is 0. The zero-order chi connectivity index (χ0) is 21.7. The zero-order valence-electron chi connectivity index (χ0n) is 18.1. The van der Waals surface area contributed by atoms with Crippen molar-refractivity contribution in [3.8, 4) is 56.8 Å². The first-order valence-electron chi connectivity index (χ1n) is 9.32. The predicted molar refractivity (Wildman–Crippen MR) is 117 cm³/mol. The molecule has 0 heterocycles. The average molecular weight is 410 g/mol. The molecule has 0 aromatic heterocycles. The molecule has 6 nitrogen and oxygen atoms in total. The smallest absolute Gasteiger partial charge is 0.161 e. The molecular weight excluding hydrogens is 384 g/mol. The van der Waals surface area contributed by atoms with E-state index in [9.17, 15) is 0 Å². The monoisotopic (exact) mass is 410 g/mol. The Labute approximate surface area is 176 Å². The topological polar surface area (TPSA) is 55.4 Å². The first-order chi connectivity index (χ1) is 14.6. The van der Waals surface area contributed by atoms with Gasteiger partial charge in [0, 0.05) is 11.1 Å². The van der Waals surface area contributed by atoms with Crippen molar-refractivity contribution < 1.29 is 28.4 Å². The Balaban J connectivity index is 2.44. The zero-order valence-corrected chi connectivity index (χ0v) is 18.1. The molecule has 158 valence electrons. The van der Waals surface area contributed by atoms with E-state index in [1.807, 2.05) is 48.5 Å². The van der Waals surface area contributed by atoms with E-state index in [2.05, 4.69) is 0 Å². The third-order valence-corrected chi connectivity index (χ3v) is 4.92.